The van der Waals surface area contributed by atoms with E-state index in [0.717, 1.165) is 6.92 Å². The van der Waals surface area contributed by atoms with E-state index in [9.17, 15) is 19.2 Å². The van der Waals surface area contributed by atoms with Gasteiger partial charge in [-0.05, 0) is 13.8 Å². The third-order valence-corrected chi connectivity index (χ3v) is 2.71. The largest absolute Gasteiger partial charge is 0.461 e. The molecule has 1 rings (SSSR count). The van der Waals surface area contributed by atoms with Crippen LogP contribution in [0.2, 0.25) is 0 Å². The van der Waals surface area contributed by atoms with Gasteiger partial charge in [0.1, 0.15) is 23.7 Å². The molecule has 0 N–H and O–H groups in total. The van der Waals surface area contributed by atoms with E-state index in [1.54, 1.807) is 0 Å². The minimum absolute atomic E-state index is 0.0879. The molecule has 0 fully saturated rings. The molecule has 0 atom stereocenters. The Kier molecular flexibility index (Phi) is 5.40. The Morgan fingerprint density at radius 3 is 2.14 bits per heavy atom. The van der Waals surface area contributed by atoms with Crippen molar-refractivity contribution < 1.29 is 28.3 Å². The number of hydrogen-bond donors (Lipinski definition) is 0. The summed E-state index contributed by atoms with van der Waals surface area (Å²) in [7, 11) is 0. The summed E-state index contributed by atoms with van der Waals surface area (Å²) in [5.41, 5.74) is -0.522. The van der Waals surface area contributed by atoms with E-state index in [2.05, 4.69) is 4.74 Å². The minimum Gasteiger partial charge on any atom is -0.461 e. The van der Waals surface area contributed by atoms with Gasteiger partial charge in [-0.3, -0.25) is 19.2 Å². The molecule has 0 unspecified atom stereocenters. The quantitative estimate of drug-likeness (QED) is 0.591. The monoisotopic (exact) mass is 296 g/mol. The lowest BCUT2D eigenvalue weighted by Crippen LogP contribution is -2.24. The van der Waals surface area contributed by atoms with Crippen LogP contribution in [-0.2, 0) is 25.7 Å². The third-order valence-electron chi connectivity index (χ3n) is 2.71. The number of aryl methyl sites for hydroxylation is 1. The van der Waals surface area contributed by atoms with Gasteiger partial charge in [0.25, 0.3) is 0 Å². The summed E-state index contributed by atoms with van der Waals surface area (Å²) in [6.45, 7) is 4.60. The molecule has 0 radical (unpaired) electrons. The molecule has 114 valence electrons. The number of hydrogen-bond acceptors (Lipinski definition) is 7. The van der Waals surface area contributed by atoms with Gasteiger partial charge in [-0.15, -0.1) is 0 Å². The van der Waals surface area contributed by atoms with Gasteiger partial charge in [-0.2, -0.15) is 0 Å². The molecule has 1 heterocycles. The van der Waals surface area contributed by atoms with Crippen LogP contribution < -0.4 is 5.43 Å². The summed E-state index contributed by atoms with van der Waals surface area (Å²) in [5.74, 6) is -1.50. The van der Waals surface area contributed by atoms with Crippen LogP contribution in [0.25, 0.3) is 0 Å². The van der Waals surface area contributed by atoms with Gasteiger partial charge in [0.15, 0.2) is 12.0 Å². The van der Waals surface area contributed by atoms with Gasteiger partial charge in [0.2, 0.25) is 5.78 Å². The van der Waals surface area contributed by atoms with Crippen molar-refractivity contribution >= 4 is 17.7 Å². The van der Waals surface area contributed by atoms with Gasteiger partial charge < -0.3 is 13.9 Å². The Balaban J connectivity index is 3.11. The van der Waals surface area contributed by atoms with Crippen molar-refractivity contribution in [2.24, 2.45) is 0 Å². The number of ketones is 1. The Bertz CT molecular complexity index is 639. The lowest BCUT2D eigenvalue weighted by molar-refractivity contribution is -0.143. The van der Waals surface area contributed by atoms with Crippen molar-refractivity contribution in [2.75, 3.05) is 6.61 Å². The van der Waals surface area contributed by atoms with E-state index >= 15 is 0 Å². The predicted molar refractivity (Wildman–Crippen MR) is 70.9 cm³/mol. The highest BCUT2D eigenvalue weighted by molar-refractivity contribution is 5.98. The van der Waals surface area contributed by atoms with Crippen LogP contribution in [-0.4, -0.2) is 24.3 Å². The maximum absolute atomic E-state index is 12.2. The highest BCUT2D eigenvalue weighted by Gasteiger charge is 2.21. The molecule has 0 spiro atoms. The summed E-state index contributed by atoms with van der Waals surface area (Å²) in [6, 6.07) is 0. The molecule has 21 heavy (non-hydrogen) atoms. The number of carbonyl (C=O) groups is 3. The number of esters is 2. The van der Waals surface area contributed by atoms with E-state index in [-0.39, 0.29) is 29.3 Å². The number of carbonyl (C=O) groups excluding carboxylic acids is 3. The van der Waals surface area contributed by atoms with Crippen LogP contribution in [0.3, 0.4) is 0 Å². The zero-order valence-electron chi connectivity index (χ0n) is 12.3. The molecule has 0 saturated heterocycles. The fraction of sp³-hybridized carbons (Fsp3) is 0.429. The fourth-order valence-corrected chi connectivity index (χ4v) is 1.65. The van der Waals surface area contributed by atoms with Crippen LogP contribution >= 0.6 is 0 Å². The second-order valence-electron chi connectivity index (χ2n) is 4.39. The van der Waals surface area contributed by atoms with Crippen molar-refractivity contribution in [1.82, 2.24) is 0 Å². The molecule has 0 aliphatic carbocycles. The predicted octanol–water partition coefficient (Wildman–Crippen LogP) is 1.07. The van der Waals surface area contributed by atoms with Crippen molar-refractivity contribution in [1.29, 1.82) is 0 Å². The lowest BCUT2D eigenvalue weighted by atomic mass is 10.1. The van der Waals surface area contributed by atoms with Crippen LogP contribution in [0.4, 0.5) is 0 Å². The maximum atomic E-state index is 12.2. The van der Waals surface area contributed by atoms with Gasteiger partial charge in [-0.25, -0.2) is 0 Å². The zero-order chi connectivity index (χ0) is 16.2. The molecule has 1 aromatic heterocycles. The average molecular weight is 296 g/mol. The summed E-state index contributed by atoms with van der Waals surface area (Å²) in [6.07, 6.45) is 0. The van der Waals surface area contributed by atoms with Gasteiger partial charge in [0.05, 0.1) is 0 Å². The summed E-state index contributed by atoms with van der Waals surface area (Å²) in [5, 5.41) is 0. The van der Waals surface area contributed by atoms with Gasteiger partial charge in [0, 0.05) is 19.4 Å². The molecule has 0 aromatic carbocycles. The molecule has 7 heteroatoms. The zero-order valence-corrected chi connectivity index (χ0v) is 12.3. The summed E-state index contributed by atoms with van der Waals surface area (Å²) < 4.78 is 14.7. The van der Waals surface area contributed by atoms with Crippen LogP contribution in [0.15, 0.2) is 9.21 Å². The van der Waals surface area contributed by atoms with E-state index < -0.39 is 29.8 Å². The first-order valence-corrected chi connectivity index (χ1v) is 6.17. The number of Topliss-reactive ketones (excluding diaryl/α,β-unsaturated/α-hetero) is 1. The Morgan fingerprint density at radius 2 is 1.62 bits per heavy atom. The Labute approximate surface area is 120 Å². The molecular weight excluding hydrogens is 280 g/mol. The lowest BCUT2D eigenvalue weighted by Gasteiger charge is -2.10. The average Bonchev–Trinajstić information content (AvgIpc) is 2.38. The smallest absolute Gasteiger partial charge is 0.303 e. The van der Waals surface area contributed by atoms with E-state index in [1.807, 2.05) is 0 Å². The normalized spacial score (nSPS) is 10.1. The van der Waals surface area contributed by atoms with E-state index in [1.165, 1.54) is 20.8 Å². The van der Waals surface area contributed by atoms with Crippen LogP contribution in [0.1, 0.15) is 41.3 Å². The first kappa shape index (κ1) is 16.6. The van der Waals surface area contributed by atoms with Crippen molar-refractivity contribution in [3.05, 3.63) is 32.9 Å². The molecular formula is C14H16O7. The van der Waals surface area contributed by atoms with Crippen LogP contribution in [0.5, 0.6) is 0 Å². The van der Waals surface area contributed by atoms with E-state index in [0.29, 0.717) is 0 Å². The van der Waals surface area contributed by atoms with Gasteiger partial charge in [-0.1, -0.05) is 0 Å². The second-order valence-corrected chi connectivity index (χ2v) is 4.39. The van der Waals surface area contributed by atoms with Gasteiger partial charge >= 0.3 is 11.9 Å². The van der Waals surface area contributed by atoms with E-state index in [4.69, 9.17) is 9.15 Å². The standard InChI is InChI=1S/C14H16O7/c1-7-12(6-20-10(4)16)21-8(2)13(14(7)18)11(17)5-19-9(3)15/h5-6H2,1-4H3. The SMILES string of the molecule is CC(=O)OCC(=O)c1c(C)oc(COC(C)=O)c(C)c1=O. The molecule has 0 saturated carbocycles. The maximum Gasteiger partial charge on any atom is 0.303 e. The molecule has 1 aromatic rings. The van der Waals surface area contributed by atoms with Crippen LogP contribution in [0, 0.1) is 13.8 Å². The summed E-state index contributed by atoms with van der Waals surface area (Å²) in [4.78, 5) is 45.5. The number of ether oxygens (including phenoxy) is 2. The summed E-state index contributed by atoms with van der Waals surface area (Å²) >= 11 is 0. The Morgan fingerprint density at radius 1 is 1.05 bits per heavy atom. The molecule has 0 bridgehead atoms. The van der Waals surface area contributed by atoms with Crippen molar-refractivity contribution in [2.45, 2.75) is 34.3 Å². The number of rotatable bonds is 5. The molecule has 0 amide bonds. The topological polar surface area (TPSA) is 99.9 Å². The first-order valence-electron chi connectivity index (χ1n) is 6.17. The fourth-order valence-electron chi connectivity index (χ4n) is 1.65. The first-order chi connectivity index (χ1) is 9.73. The minimum atomic E-state index is -0.640. The molecule has 0 aliphatic heterocycles. The molecule has 7 nitrogen and oxygen atoms in total. The van der Waals surface area contributed by atoms with Crippen molar-refractivity contribution in [3.63, 3.8) is 0 Å². The highest BCUT2D eigenvalue weighted by Crippen LogP contribution is 2.13. The highest BCUT2D eigenvalue weighted by atomic mass is 16.5. The second kappa shape index (κ2) is 6.83. The molecule has 0 aliphatic rings. The van der Waals surface area contributed by atoms with Crippen molar-refractivity contribution in [3.8, 4) is 0 Å². The Hall–Kier alpha value is -2.44. The third kappa shape index (κ3) is 4.27.